The van der Waals surface area contributed by atoms with E-state index in [2.05, 4.69) is 7.93 Å². The van der Waals surface area contributed by atoms with Gasteiger partial charge in [0.2, 0.25) is 0 Å². The predicted molar refractivity (Wildman–Crippen MR) is 14.9 cm³/mol. The molecule has 0 aromatic carbocycles. The maximum absolute atomic E-state index is 7.35. The molecule has 4 heavy (non-hydrogen) atoms. The van der Waals surface area contributed by atoms with Gasteiger partial charge in [0.05, 0.1) is 0 Å². The molecule has 0 aliphatic carbocycles. The Labute approximate surface area is 39.2 Å². The monoisotopic (exact) mass is 251 g/mol. The summed E-state index contributed by atoms with van der Waals surface area (Å²) in [4.78, 5) is 2.40. The van der Waals surface area contributed by atoms with Gasteiger partial charge in [-0.25, -0.2) is 0 Å². The molecule has 0 spiro atoms. The molecule has 3 nitrogen and oxygen atoms in total. The molecule has 0 aromatic rings. The van der Waals surface area contributed by atoms with Crippen molar-refractivity contribution in [1.29, 1.82) is 0 Å². The Hall–Kier alpha value is 0.206. The third-order valence-electron chi connectivity index (χ3n) is 0.0365. The van der Waals surface area contributed by atoms with Crippen molar-refractivity contribution in [2.75, 3.05) is 0 Å². The van der Waals surface area contributed by atoms with Gasteiger partial charge >= 0.3 is 38.8 Å². The van der Waals surface area contributed by atoms with Crippen molar-refractivity contribution in [3.05, 3.63) is 10.4 Å². The second-order valence-corrected chi connectivity index (χ2v) is 0.806. The van der Waals surface area contributed by atoms with E-state index in [9.17, 15) is 0 Å². The molecule has 0 rings (SSSR count). The zero-order valence-electron chi connectivity index (χ0n) is 1.75. The van der Waals surface area contributed by atoms with Crippen LogP contribution in [0.25, 0.3) is 10.4 Å². The Morgan fingerprint density at radius 3 is 2.25 bits per heavy atom. The Bertz CT molecular complexity index is 41.2. The van der Waals surface area contributed by atoms with E-state index in [4.69, 9.17) is 5.53 Å². The molecule has 0 saturated carbocycles. The van der Waals surface area contributed by atoms with Gasteiger partial charge in [0, 0.05) is 0 Å². The molecule has 0 unspecified atom stereocenters. The van der Waals surface area contributed by atoms with Crippen molar-refractivity contribution in [3.63, 3.8) is 0 Å². The van der Waals surface area contributed by atoms with Gasteiger partial charge in [0.15, 0.2) is 0 Å². The molecule has 0 bridgehead atoms. The Morgan fingerprint density at radius 1 is 2.00 bits per heavy atom. The average Bonchev–Trinajstić information content (AvgIpc) is 1.37. The van der Waals surface area contributed by atoms with Crippen molar-refractivity contribution in [3.8, 4) is 0 Å². The molecule has 0 fully saturated rings. The van der Waals surface area contributed by atoms with Crippen LogP contribution in [0.3, 0.4) is 0 Å². The van der Waals surface area contributed by atoms with Crippen LogP contribution in [0, 0.1) is 0 Å². The van der Waals surface area contributed by atoms with E-state index in [1.807, 2.05) is 0 Å². The second kappa shape index (κ2) is 3.21. The zero-order chi connectivity index (χ0) is 3.41. The Kier molecular flexibility index (Phi) is 3.37. The third-order valence-corrected chi connectivity index (χ3v) is 0.320. The molecule has 0 aliphatic rings. The first-order valence-corrected chi connectivity index (χ1v) is 2.00. The molecule has 22 valence electrons. The van der Waals surface area contributed by atoms with Crippen LogP contribution in [0.4, 0.5) is 0 Å². The summed E-state index contributed by atoms with van der Waals surface area (Å²) >= 11 is 0.914. The molecule has 0 saturated heterocycles. The van der Waals surface area contributed by atoms with Crippen molar-refractivity contribution >= 4 is 25.4 Å². The van der Waals surface area contributed by atoms with E-state index in [0.29, 0.717) is 0 Å². The minimum absolute atomic E-state index is 0.914. The van der Waals surface area contributed by atoms with Crippen LogP contribution in [-0.2, 0) is 0 Å². The summed E-state index contributed by atoms with van der Waals surface area (Å²) in [5.74, 6) is 0. The van der Waals surface area contributed by atoms with E-state index in [1.54, 1.807) is 0 Å². The fraction of sp³-hybridized carbons (Fsp3) is 0. The van der Waals surface area contributed by atoms with Gasteiger partial charge in [-0.3, -0.25) is 0 Å². The second-order valence-electron chi connectivity index (χ2n) is 0.171. The van der Waals surface area contributed by atoms with E-state index in [1.165, 1.54) is 0 Å². The number of azide groups is 1. The first kappa shape index (κ1) is 4.21. The van der Waals surface area contributed by atoms with Crippen LogP contribution in [0.5, 0.6) is 0 Å². The van der Waals surface area contributed by atoms with E-state index < -0.39 is 0 Å². The van der Waals surface area contributed by atoms with Crippen LogP contribution in [0.15, 0.2) is 3.01 Å². The van der Waals surface area contributed by atoms with Gasteiger partial charge in [-0.2, -0.15) is 0 Å². The van der Waals surface area contributed by atoms with Crippen LogP contribution < -0.4 is 0 Å². The summed E-state index contributed by atoms with van der Waals surface area (Å²) in [5, 5.41) is 0. The summed E-state index contributed by atoms with van der Waals surface area (Å²) in [5.41, 5.74) is 7.35. The summed E-state index contributed by atoms with van der Waals surface area (Å²) in [6.45, 7) is 0. The predicted octanol–water partition coefficient (Wildman–Crippen LogP) is 0.380. The van der Waals surface area contributed by atoms with Gasteiger partial charge in [-0.1, -0.05) is 0 Å². The summed E-state index contributed by atoms with van der Waals surface area (Å²) in [6.07, 6.45) is 0. The molecule has 0 aromatic heterocycles. The molecule has 0 atom stereocenters. The maximum atomic E-state index is 7.35. The number of hydrogen-bond acceptors (Lipinski definition) is 1. The van der Waals surface area contributed by atoms with Gasteiger partial charge in [-0.15, -0.1) is 0 Å². The third kappa shape index (κ3) is 2.21. The molecule has 4 heteroatoms. The van der Waals surface area contributed by atoms with Crippen LogP contribution >= 0.6 is 0 Å². The van der Waals surface area contributed by atoms with Gasteiger partial charge in [0.25, 0.3) is 0 Å². The standard InChI is InChI=1S/N3.Po/c1-3-2;/q-1;. The molecule has 0 N–H and O–H groups in total. The van der Waals surface area contributed by atoms with E-state index in [0.717, 1.165) is 25.4 Å². The van der Waals surface area contributed by atoms with Crippen LogP contribution in [-0.4, -0.2) is 25.4 Å². The van der Waals surface area contributed by atoms with E-state index in [-0.39, 0.29) is 0 Å². The van der Waals surface area contributed by atoms with Crippen molar-refractivity contribution in [2.45, 2.75) is 0 Å². The van der Waals surface area contributed by atoms with Crippen molar-refractivity contribution in [1.82, 2.24) is 0 Å². The summed E-state index contributed by atoms with van der Waals surface area (Å²) in [6, 6.07) is 0. The SMILES string of the molecule is [N-]=[N+]=[N][Po-]. The van der Waals surface area contributed by atoms with Gasteiger partial charge < -0.3 is 0 Å². The topological polar surface area (TPSA) is 48.8 Å². The Morgan fingerprint density at radius 2 is 2.25 bits per heavy atom. The first-order valence-electron chi connectivity index (χ1n) is 0.583. The number of nitrogens with zero attached hydrogens (tertiary/aromatic N) is 3. The van der Waals surface area contributed by atoms with Crippen LogP contribution in [0.2, 0.25) is 0 Å². The normalized spacial score (nSPS) is 4.00. The van der Waals surface area contributed by atoms with E-state index >= 15 is 0 Å². The fourth-order valence-electron chi connectivity index (χ4n) is 0. The molecule has 0 aliphatic heterocycles. The zero-order valence-corrected chi connectivity index (χ0v) is 4.92. The van der Waals surface area contributed by atoms with Crippen molar-refractivity contribution < 1.29 is 0 Å². The fourth-order valence-corrected chi connectivity index (χ4v) is 0. The van der Waals surface area contributed by atoms with Crippen molar-refractivity contribution in [2.24, 2.45) is 3.01 Å². The summed E-state index contributed by atoms with van der Waals surface area (Å²) in [7, 11) is 0. The molecule has 0 radical (unpaired) electrons. The number of hydrogen-bond donors (Lipinski definition) is 0. The molecular weight excluding hydrogens is 251 g/mol. The molecular formula is N3Po-. The number of rotatable bonds is 0. The first-order chi connectivity index (χ1) is 1.91. The van der Waals surface area contributed by atoms with Gasteiger partial charge in [-0.05, 0) is 0 Å². The minimum atomic E-state index is 0.914. The molecule has 0 heterocycles. The quantitative estimate of drug-likeness (QED) is 0.339. The average molecular weight is 251 g/mol. The Balaban J connectivity index is 3.11. The summed E-state index contributed by atoms with van der Waals surface area (Å²) < 4.78 is 3.00. The van der Waals surface area contributed by atoms with Crippen LogP contribution in [0.1, 0.15) is 0 Å². The molecule has 0 amide bonds. The van der Waals surface area contributed by atoms with Gasteiger partial charge in [0.1, 0.15) is 0 Å².